The van der Waals surface area contributed by atoms with Crippen molar-refractivity contribution in [3.05, 3.63) is 41.4 Å². The highest BCUT2D eigenvalue weighted by Gasteiger charge is 2.52. The highest BCUT2D eigenvalue weighted by atomic mass is 32.2. The molecule has 0 bridgehead atoms. The fourth-order valence-corrected chi connectivity index (χ4v) is 5.25. The largest absolute Gasteiger partial charge is 0.473 e. The number of amides is 1. The summed E-state index contributed by atoms with van der Waals surface area (Å²) in [7, 11) is 0. The number of aryl methyl sites for hydroxylation is 2. The molecule has 2 aliphatic heterocycles. The first-order chi connectivity index (χ1) is 12.6. The summed E-state index contributed by atoms with van der Waals surface area (Å²) < 4.78 is 11.4. The predicted octanol–water partition coefficient (Wildman–Crippen LogP) is 3.11. The number of thioether (sulfide) groups is 1. The quantitative estimate of drug-likeness (QED) is 0.802. The third-order valence-corrected chi connectivity index (χ3v) is 6.55. The lowest BCUT2D eigenvalue weighted by Crippen LogP contribution is -2.61. The Labute approximate surface area is 157 Å². The van der Waals surface area contributed by atoms with E-state index in [1.807, 2.05) is 41.8 Å². The van der Waals surface area contributed by atoms with Crippen molar-refractivity contribution in [1.82, 2.24) is 15.0 Å². The maximum atomic E-state index is 12.9. The fraction of sp³-hybridized carbons (Fsp3) is 0.526. The van der Waals surface area contributed by atoms with Gasteiger partial charge in [-0.15, -0.1) is 11.8 Å². The molecule has 7 heteroatoms. The van der Waals surface area contributed by atoms with Gasteiger partial charge in [0.2, 0.25) is 5.88 Å². The molecule has 138 valence electrons. The van der Waals surface area contributed by atoms with Crippen LogP contribution in [0.3, 0.4) is 0 Å². The molecule has 1 atom stereocenters. The van der Waals surface area contributed by atoms with Gasteiger partial charge in [-0.05, 0) is 19.4 Å². The minimum absolute atomic E-state index is 0.0486. The molecule has 4 heterocycles. The van der Waals surface area contributed by atoms with Gasteiger partial charge in [-0.25, -0.2) is 4.98 Å². The SMILES string of the molecule is CCCc1onc(C)c1C(=O)N1CC2(CC(Oc3ccccn3)CS2)C1. The monoisotopic (exact) mass is 373 g/mol. The number of carbonyl (C=O) groups excluding carboxylic acids is 1. The van der Waals surface area contributed by atoms with E-state index < -0.39 is 0 Å². The molecule has 6 nitrogen and oxygen atoms in total. The van der Waals surface area contributed by atoms with Crippen LogP contribution in [0.5, 0.6) is 5.88 Å². The van der Waals surface area contributed by atoms with Crippen LogP contribution in [0.25, 0.3) is 0 Å². The van der Waals surface area contributed by atoms with Gasteiger partial charge < -0.3 is 14.2 Å². The van der Waals surface area contributed by atoms with Crippen molar-refractivity contribution in [3.8, 4) is 5.88 Å². The minimum atomic E-state index is 0.0486. The summed E-state index contributed by atoms with van der Waals surface area (Å²) in [6, 6.07) is 5.70. The number of pyridine rings is 1. The number of rotatable bonds is 5. The van der Waals surface area contributed by atoms with E-state index in [9.17, 15) is 4.79 Å². The van der Waals surface area contributed by atoms with Gasteiger partial charge >= 0.3 is 0 Å². The summed E-state index contributed by atoms with van der Waals surface area (Å²) >= 11 is 1.91. The average molecular weight is 373 g/mol. The molecule has 1 amide bonds. The van der Waals surface area contributed by atoms with Gasteiger partial charge in [0, 0.05) is 43.9 Å². The molecule has 2 aromatic rings. The summed E-state index contributed by atoms with van der Waals surface area (Å²) in [6.45, 7) is 5.43. The van der Waals surface area contributed by atoms with Crippen LogP contribution in [0.2, 0.25) is 0 Å². The van der Waals surface area contributed by atoms with Crippen molar-refractivity contribution in [1.29, 1.82) is 0 Å². The summed E-state index contributed by atoms with van der Waals surface area (Å²) in [4.78, 5) is 19.0. The maximum Gasteiger partial charge on any atom is 0.259 e. The first kappa shape index (κ1) is 17.4. The zero-order chi connectivity index (χ0) is 18.1. The van der Waals surface area contributed by atoms with Crippen LogP contribution in [-0.2, 0) is 6.42 Å². The third kappa shape index (κ3) is 3.20. The second-order valence-corrected chi connectivity index (χ2v) is 8.57. The van der Waals surface area contributed by atoms with Crippen LogP contribution in [0.1, 0.15) is 41.6 Å². The number of aromatic nitrogens is 2. The summed E-state index contributed by atoms with van der Waals surface area (Å²) in [5.74, 6) is 2.37. The summed E-state index contributed by atoms with van der Waals surface area (Å²) in [6.07, 6.45) is 4.52. The Morgan fingerprint density at radius 2 is 2.31 bits per heavy atom. The molecule has 0 N–H and O–H groups in total. The number of hydrogen-bond acceptors (Lipinski definition) is 6. The summed E-state index contributed by atoms with van der Waals surface area (Å²) in [5.41, 5.74) is 1.35. The molecule has 1 spiro atoms. The van der Waals surface area contributed by atoms with Crippen molar-refractivity contribution >= 4 is 17.7 Å². The van der Waals surface area contributed by atoms with Crippen molar-refractivity contribution in [2.24, 2.45) is 0 Å². The molecule has 2 saturated heterocycles. The van der Waals surface area contributed by atoms with Gasteiger partial charge in [0.15, 0.2) is 0 Å². The lowest BCUT2D eigenvalue weighted by Gasteiger charge is -2.47. The van der Waals surface area contributed by atoms with E-state index in [1.54, 1.807) is 6.20 Å². The summed E-state index contributed by atoms with van der Waals surface area (Å²) in [5, 5.41) is 3.99. The van der Waals surface area contributed by atoms with Crippen molar-refractivity contribution in [3.63, 3.8) is 0 Å². The Morgan fingerprint density at radius 3 is 3.04 bits per heavy atom. The van der Waals surface area contributed by atoms with Gasteiger partial charge in [0.1, 0.15) is 17.4 Å². The molecule has 1 unspecified atom stereocenters. The van der Waals surface area contributed by atoms with E-state index in [1.165, 1.54) is 0 Å². The number of carbonyl (C=O) groups is 1. The van der Waals surface area contributed by atoms with E-state index in [2.05, 4.69) is 17.1 Å². The molecule has 0 aromatic carbocycles. The molecule has 2 fully saturated rings. The Balaban J connectivity index is 1.37. The second kappa shape index (κ2) is 6.95. The molecular formula is C19H23N3O3S. The van der Waals surface area contributed by atoms with Crippen LogP contribution < -0.4 is 4.74 Å². The smallest absolute Gasteiger partial charge is 0.259 e. The highest BCUT2D eigenvalue weighted by molar-refractivity contribution is 8.01. The van der Waals surface area contributed by atoms with Crippen molar-refractivity contribution in [2.45, 2.75) is 44.0 Å². The van der Waals surface area contributed by atoms with E-state index >= 15 is 0 Å². The molecule has 0 radical (unpaired) electrons. The van der Waals surface area contributed by atoms with Crippen LogP contribution in [0.15, 0.2) is 28.9 Å². The standard InChI is InChI=1S/C19H23N3O3S/c1-3-6-15-17(13(2)21-25-15)18(23)22-11-19(12-22)9-14(10-26-19)24-16-7-4-5-8-20-16/h4-5,7-8,14H,3,6,9-12H2,1-2H3. The Kier molecular flexibility index (Phi) is 4.65. The minimum Gasteiger partial charge on any atom is -0.473 e. The highest BCUT2D eigenvalue weighted by Crippen LogP contribution is 2.46. The lowest BCUT2D eigenvalue weighted by atomic mass is 9.92. The van der Waals surface area contributed by atoms with Crippen LogP contribution in [0, 0.1) is 6.92 Å². The topological polar surface area (TPSA) is 68.5 Å². The van der Waals surface area contributed by atoms with Crippen molar-refractivity contribution in [2.75, 3.05) is 18.8 Å². The molecular weight excluding hydrogens is 350 g/mol. The predicted molar refractivity (Wildman–Crippen MR) is 99.6 cm³/mol. The molecule has 26 heavy (non-hydrogen) atoms. The lowest BCUT2D eigenvalue weighted by molar-refractivity contribution is 0.0513. The third-order valence-electron chi connectivity index (χ3n) is 4.97. The number of hydrogen-bond donors (Lipinski definition) is 0. The van der Waals surface area contributed by atoms with Gasteiger partial charge in [-0.1, -0.05) is 18.1 Å². The Hall–Kier alpha value is -2.02. The van der Waals surface area contributed by atoms with E-state index in [4.69, 9.17) is 9.26 Å². The molecule has 4 rings (SSSR count). The van der Waals surface area contributed by atoms with E-state index in [0.717, 1.165) is 38.1 Å². The van der Waals surface area contributed by atoms with Crippen molar-refractivity contribution < 1.29 is 14.1 Å². The van der Waals surface area contributed by atoms with E-state index in [0.29, 0.717) is 22.9 Å². The van der Waals surface area contributed by atoms with Gasteiger partial charge in [-0.2, -0.15) is 0 Å². The zero-order valence-electron chi connectivity index (χ0n) is 15.1. The first-order valence-electron chi connectivity index (χ1n) is 9.06. The number of ether oxygens (including phenoxy) is 1. The molecule has 2 aromatic heterocycles. The molecule has 2 aliphatic rings. The molecule has 0 aliphatic carbocycles. The maximum absolute atomic E-state index is 12.9. The normalized spacial score (nSPS) is 21.0. The Morgan fingerprint density at radius 1 is 1.46 bits per heavy atom. The van der Waals surface area contributed by atoms with Crippen LogP contribution >= 0.6 is 11.8 Å². The molecule has 0 saturated carbocycles. The van der Waals surface area contributed by atoms with Gasteiger partial charge in [-0.3, -0.25) is 4.79 Å². The van der Waals surface area contributed by atoms with Crippen LogP contribution in [-0.4, -0.2) is 50.6 Å². The Bertz CT molecular complexity index is 787. The van der Waals surface area contributed by atoms with Gasteiger partial charge in [0.05, 0.1) is 10.4 Å². The number of likely N-dealkylation sites (tertiary alicyclic amines) is 1. The fourth-order valence-electron chi connectivity index (χ4n) is 3.73. The van der Waals surface area contributed by atoms with Crippen LogP contribution in [0.4, 0.5) is 0 Å². The van der Waals surface area contributed by atoms with E-state index in [-0.39, 0.29) is 16.8 Å². The zero-order valence-corrected chi connectivity index (χ0v) is 15.9. The second-order valence-electron chi connectivity index (χ2n) is 7.08. The average Bonchev–Trinajstić information content (AvgIpc) is 3.19. The first-order valence-corrected chi connectivity index (χ1v) is 10.0. The van der Waals surface area contributed by atoms with Gasteiger partial charge in [0.25, 0.3) is 5.91 Å². The number of nitrogens with zero attached hydrogens (tertiary/aromatic N) is 3.